The van der Waals surface area contributed by atoms with Crippen LogP contribution in [0.5, 0.6) is 0 Å². The monoisotopic (exact) mass is 235 g/mol. The van der Waals surface area contributed by atoms with Gasteiger partial charge in [-0.15, -0.1) is 0 Å². The quantitative estimate of drug-likeness (QED) is 0.823. The zero-order valence-electron chi connectivity index (χ0n) is 11.1. The van der Waals surface area contributed by atoms with Crippen LogP contribution in [0.4, 0.5) is 0 Å². The number of aromatic amines is 1. The molecule has 0 spiro atoms. The average molecular weight is 235 g/mol. The Morgan fingerprint density at radius 3 is 3.06 bits per heavy atom. The summed E-state index contributed by atoms with van der Waals surface area (Å²) in [7, 11) is 0. The lowest BCUT2D eigenvalue weighted by Gasteiger charge is -2.30. The zero-order chi connectivity index (χ0) is 12.1. The fourth-order valence-electron chi connectivity index (χ4n) is 2.99. The van der Waals surface area contributed by atoms with Crippen molar-refractivity contribution in [2.24, 2.45) is 11.8 Å². The van der Waals surface area contributed by atoms with Crippen molar-refractivity contribution >= 4 is 0 Å². The number of nitrogens with one attached hydrogen (secondary N) is 2. The Morgan fingerprint density at radius 2 is 2.35 bits per heavy atom. The summed E-state index contributed by atoms with van der Waals surface area (Å²) < 4.78 is 0. The Hall–Kier alpha value is -0.830. The molecule has 0 aromatic carbocycles. The van der Waals surface area contributed by atoms with Gasteiger partial charge in [-0.1, -0.05) is 26.7 Å². The first kappa shape index (κ1) is 12.6. The molecular weight excluding hydrogens is 210 g/mol. The molecular formula is C14H25N3. The second-order valence-electron chi connectivity index (χ2n) is 5.82. The maximum absolute atomic E-state index is 3.98. The third-order valence-corrected chi connectivity index (χ3v) is 3.73. The first-order valence-electron chi connectivity index (χ1n) is 6.95. The Kier molecular flexibility index (Phi) is 4.60. The van der Waals surface area contributed by atoms with Crippen molar-refractivity contribution in [2.75, 3.05) is 0 Å². The Bertz CT molecular complexity index is 305. The maximum Gasteiger partial charge on any atom is 0.0490 e. The largest absolute Gasteiger partial charge is 0.308 e. The van der Waals surface area contributed by atoms with Gasteiger partial charge in [0.05, 0.1) is 0 Å². The molecule has 1 aromatic heterocycles. The summed E-state index contributed by atoms with van der Waals surface area (Å²) in [6.45, 7) is 5.60. The molecule has 17 heavy (non-hydrogen) atoms. The van der Waals surface area contributed by atoms with Crippen molar-refractivity contribution in [1.82, 2.24) is 15.5 Å². The second-order valence-corrected chi connectivity index (χ2v) is 5.82. The number of rotatable bonds is 5. The third-order valence-electron chi connectivity index (χ3n) is 3.73. The van der Waals surface area contributed by atoms with Crippen LogP contribution < -0.4 is 5.32 Å². The molecule has 2 unspecified atom stereocenters. The minimum Gasteiger partial charge on any atom is -0.308 e. The van der Waals surface area contributed by atoms with Crippen molar-refractivity contribution in [3.63, 3.8) is 0 Å². The van der Waals surface area contributed by atoms with Crippen molar-refractivity contribution in [3.8, 4) is 0 Å². The van der Waals surface area contributed by atoms with Gasteiger partial charge in [0.15, 0.2) is 0 Å². The van der Waals surface area contributed by atoms with Gasteiger partial charge in [-0.05, 0) is 37.2 Å². The Morgan fingerprint density at radius 1 is 1.47 bits per heavy atom. The van der Waals surface area contributed by atoms with Crippen molar-refractivity contribution in [1.29, 1.82) is 0 Å². The standard InChI is InChI=1S/C14H25N3/c1-11(2)8-12-4-3-5-13(9-12)15-10-14-6-7-16-17-14/h6-7,11-13,15H,3-5,8-10H2,1-2H3,(H,16,17). The molecule has 1 aliphatic rings. The van der Waals surface area contributed by atoms with E-state index < -0.39 is 0 Å². The van der Waals surface area contributed by atoms with Gasteiger partial charge in [0, 0.05) is 24.5 Å². The molecule has 3 nitrogen and oxygen atoms in total. The number of aromatic nitrogens is 2. The smallest absolute Gasteiger partial charge is 0.0490 e. The number of nitrogens with zero attached hydrogens (tertiary/aromatic N) is 1. The lowest BCUT2D eigenvalue weighted by molar-refractivity contribution is 0.251. The molecule has 0 radical (unpaired) electrons. The lowest BCUT2D eigenvalue weighted by atomic mass is 9.81. The summed E-state index contributed by atoms with van der Waals surface area (Å²) in [4.78, 5) is 0. The van der Waals surface area contributed by atoms with E-state index in [1.807, 2.05) is 12.3 Å². The minimum absolute atomic E-state index is 0.704. The van der Waals surface area contributed by atoms with Crippen LogP contribution in [-0.2, 0) is 6.54 Å². The molecule has 2 atom stereocenters. The van der Waals surface area contributed by atoms with Crippen LogP contribution in [0.25, 0.3) is 0 Å². The topological polar surface area (TPSA) is 40.7 Å². The van der Waals surface area contributed by atoms with Gasteiger partial charge < -0.3 is 5.32 Å². The molecule has 0 bridgehead atoms. The lowest BCUT2D eigenvalue weighted by Crippen LogP contribution is -2.34. The molecule has 1 aliphatic carbocycles. The highest BCUT2D eigenvalue weighted by molar-refractivity contribution is 4.97. The maximum atomic E-state index is 3.98. The molecule has 1 saturated carbocycles. The molecule has 2 N–H and O–H groups in total. The summed E-state index contributed by atoms with van der Waals surface area (Å²) in [5.74, 6) is 1.77. The molecule has 0 aliphatic heterocycles. The number of hydrogen-bond donors (Lipinski definition) is 2. The predicted octanol–water partition coefficient (Wildman–Crippen LogP) is 3.10. The number of hydrogen-bond acceptors (Lipinski definition) is 2. The third kappa shape index (κ3) is 4.15. The van der Waals surface area contributed by atoms with Gasteiger partial charge in [-0.25, -0.2) is 0 Å². The average Bonchev–Trinajstić information content (AvgIpc) is 2.79. The van der Waals surface area contributed by atoms with Gasteiger partial charge >= 0.3 is 0 Å². The van der Waals surface area contributed by atoms with Crippen LogP contribution in [0, 0.1) is 11.8 Å². The Labute approximate surface area is 104 Å². The molecule has 0 amide bonds. The van der Waals surface area contributed by atoms with Crippen molar-refractivity contribution < 1.29 is 0 Å². The van der Waals surface area contributed by atoms with E-state index in [-0.39, 0.29) is 0 Å². The summed E-state index contributed by atoms with van der Waals surface area (Å²) in [5.41, 5.74) is 1.19. The zero-order valence-corrected chi connectivity index (χ0v) is 11.1. The van der Waals surface area contributed by atoms with Crippen LogP contribution in [0.2, 0.25) is 0 Å². The Balaban J connectivity index is 1.73. The highest BCUT2D eigenvalue weighted by atomic mass is 15.1. The van der Waals surface area contributed by atoms with E-state index in [0.29, 0.717) is 6.04 Å². The molecule has 3 heteroatoms. The molecule has 1 fully saturated rings. The summed E-state index contributed by atoms with van der Waals surface area (Å²) >= 11 is 0. The predicted molar refractivity (Wildman–Crippen MR) is 70.6 cm³/mol. The minimum atomic E-state index is 0.704. The van der Waals surface area contributed by atoms with Crippen molar-refractivity contribution in [3.05, 3.63) is 18.0 Å². The normalized spacial score (nSPS) is 25.4. The molecule has 1 aromatic rings. The molecule has 0 saturated heterocycles. The van der Waals surface area contributed by atoms with E-state index in [1.54, 1.807) is 0 Å². The van der Waals surface area contributed by atoms with Crippen LogP contribution in [0.1, 0.15) is 51.6 Å². The molecule has 2 rings (SSSR count). The summed E-state index contributed by atoms with van der Waals surface area (Å²) in [6, 6.07) is 2.75. The van der Waals surface area contributed by atoms with Gasteiger partial charge in [-0.2, -0.15) is 5.10 Å². The molecule has 1 heterocycles. The van der Waals surface area contributed by atoms with Gasteiger partial charge in [-0.3, -0.25) is 5.10 Å². The van der Waals surface area contributed by atoms with E-state index >= 15 is 0 Å². The SMILES string of the molecule is CC(C)CC1CCCC(NCc2ccn[nH]2)C1. The van der Waals surface area contributed by atoms with Gasteiger partial charge in [0.25, 0.3) is 0 Å². The highest BCUT2D eigenvalue weighted by Crippen LogP contribution is 2.29. The summed E-state index contributed by atoms with van der Waals surface area (Å²) in [6.07, 6.45) is 8.72. The van der Waals surface area contributed by atoms with Crippen LogP contribution >= 0.6 is 0 Å². The van der Waals surface area contributed by atoms with Gasteiger partial charge in [0.2, 0.25) is 0 Å². The van der Waals surface area contributed by atoms with Crippen molar-refractivity contribution in [2.45, 2.75) is 58.5 Å². The van der Waals surface area contributed by atoms with Crippen LogP contribution in [0.15, 0.2) is 12.3 Å². The van der Waals surface area contributed by atoms with E-state index in [0.717, 1.165) is 18.4 Å². The van der Waals surface area contributed by atoms with Crippen LogP contribution in [-0.4, -0.2) is 16.2 Å². The number of H-pyrrole nitrogens is 1. The van der Waals surface area contributed by atoms with E-state index in [1.165, 1.54) is 37.8 Å². The summed E-state index contributed by atoms with van der Waals surface area (Å²) in [5, 5.41) is 10.6. The fourth-order valence-corrected chi connectivity index (χ4v) is 2.99. The molecule has 96 valence electrons. The van der Waals surface area contributed by atoms with Crippen LogP contribution in [0.3, 0.4) is 0 Å². The second kappa shape index (κ2) is 6.20. The first-order chi connectivity index (χ1) is 8.24. The first-order valence-corrected chi connectivity index (χ1v) is 6.95. The fraction of sp³-hybridized carbons (Fsp3) is 0.786. The van der Waals surface area contributed by atoms with E-state index in [9.17, 15) is 0 Å². The van der Waals surface area contributed by atoms with E-state index in [4.69, 9.17) is 0 Å². The highest BCUT2D eigenvalue weighted by Gasteiger charge is 2.22. The van der Waals surface area contributed by atoms with E-state index in [2.05, 4.69) is 29.4 Å². The van der Waals surface area contributed by atoms with Gasteiger partial charge in [0.1, 0.15) is 0 Å².